The average Bonchev–Trinajstić information content (AvgIpc) is 2.52. The second-order valence-corrected chi connectivity index (χ2v) is 4.49. The molecule has 0 amide bonds. The van der Waals surface area contributed by atoms with Crippen molar-refractivity contribution in [2.75, 3.05) is 7.11 Å². The molecule has 2 aromatic rings. The van der Waals surface area contributed by atoms with Crippen molar-refractivity contribution in [3.05, 3.63) is 47.3 Å². The Labute approximate surface area is 125 Å². The van der Waals surface area contributed by atoms with Gasteiger partial charge in [0, 0.05) is 11.3 Å². The topological polar surface area (TPSA) is 52.1 Å². The SMILES string of the molecule is CCc1cc(C(=O)OC)nc(-c2ccc(C(F)(F)F)cc2)n1. The van der Waals surface area contributed by atoms with Gasteiger partial charge in [0.25, 0.3) is 0 Å². The lowest BCUT2D eigenvalue weighted by Gasteiger charge is -2.09. The minimum Gasteiger partial charge on any atom is -0.464 e. The molecule has 0 atom stereocenters. The van der Waals surface area contributed by atoms with Crippen molar-refractivity contribution in [2.24, 2.45) is 0 Å². The van der Waals surface area contributed by atoms with Crippen molar-refractivity contribution in [3.8, 4) is 11.4 Å². The zero-order valence-electron chi connectivity index (χ0n) is 11.9. The predicted molar refractivity (Wildman–Crippen MR) is 73.2 cm³/mol. The summed E-state index contributed by atoms with van der Waals surface area (Å²) in [6.07, 6.45) is -3.85. The van der Waals surface area contributed by atoms with Crippen LogP contribution >= 0.6 is 0 Å². The van der Waals surface area contributed by atoms with Gasteiger partial charge in [-0.25, -0.2) is 14.8 Å². The summed E-state index contributed by atoms with van der Waals surface area (Å²) >= 11 is 0. The monoisotopic (exact) mass is 310 g/mol. The molecule has 4 nitrogen and oxygen atoms in total. The maximum atomic E-state index is 12.6. The van der Waals surface area contributed by atoms with Gasteiger partial charge in [0.15, 0.2) is 11.5 Å². The van der Waals surface area contributed by atoms with E-state index >= 15 is 0 Å². The third-order valence-electron chi connectivity index (χ3n) is 3.01. The van der Waals surface area contributed by atoms with Crippen LogP contribution in [0, 0.1) is 0 Å². The van der Waals surface area contributed by atoms with Crippen LogP contribution in [0.15, 0.2) is 30.3 Å². The van der Waals surface area contributed by atoms with E-state index in [-0.39, 0.29) is 11.5 Å². The number of ether oxygens (including phenoxy) is 1. The van der Waals surface area contributed by atoms with E-state index in [0.717, 1.165) is 12.1 Å². The number of aryl methyl sites for hydroxylation is 1. The first-order chi connectivity index (χ1) is 10.3. The van der Waals surface area contributed by atoms with Crippen LogP contribution in [0.1, 0.15) is 28.7 Å². The number of carbonyl (C=O) groups is 1. The number of hydrogen-bond donors (Lipinski definition) is 0. The first-order valence-corrected chi connectivity index (χ1v) is 6.49. The molecule has 0 aliphatic rings. The van der Waals surface area contributed by atoms with Gasteiger partial charge >= 0.3 is 12.1 Å². The second-order valence-electron chi connectivity index (χ2n) is 4.49. The molecular weight excluding hydrogens is 297 g/mol. The van der Waals surface area contributed by atoms with E-state index in [1.807, 2.05) is 6.92 Å². The van der Waals surface area contributed by atoms with Crippen LogP contribution in [0.25, 0.3) is 11.4 Å². The summed E-state index contributed by atoms with van der Waals surface area (Å²) < 4.78 is 42.3. The predicted octanol–water partition coefficient (Wildman–Crippen LogP) is 3.51. The summed E-state index contributed by atoms with van der Waals surface area (Å²) in [6, 6.07) is 5.96. The number of hydrogen-bond acceptors (Lipinski definition) is 4. The lowest BCUT2D eigenvalue weighted by atomic mass is 10.1. The molecule has 0 saturated carbocycles. The molecule has 0 saturated heterocycles. The fourth-order valence-electron chi connectivity index (χ4n) is 1.83. The molecule has 7 heteroatoms. The molecule has 116 valence electrons. The highest BCUT2D eigenvalue weighted by atomic mass is 19.4. The molecule has 0 N–H and O–H groups in total. The van der Waals surface area contributed by atoms with Gasteiger partial charge in [-0.3, -0.25) is 0 Å². The molecular formula is C15H13F3N2O2. The highest BCUT2D eigenvalue weighted by Gasteiger charge is 2.30. The molecule has 0 bridgehead atoms. The van der Waals surface area contributed by atoms with Gasteiger partial charge < -0.3 is 4.74 Å². The van der Waals surface area contributed by atoms with E-state index in [2.05, 4.69) is 14.7 Å². The Kier molecular flexibility index (Phi) is 4.44. The zero-order chi connectivity index (χ0) is 16.3. The van der Waals surface area contributed by atoms with Crippen LogP contribution in [0.2, 0.25) is 0 Å². The van der Waals surface area contributed by atoms with Crippen LogP contribution in [-0.2, 0) is 17.3 Å². The molecule has 0 radical (unpaired) electrons. The van der Waals surface area contributed by atoms with Gasteiger partial charge in [-0.15, -0.1) is 0 Å². The van der Waals surface area contributed by atoms with Crippen molar-refractivity contribution in [1.29, 1.82) is 0 Å². The van der Waals surface area contributed by atoms with Crippen molar-refractivity contribution >= 4 is 5.97 Å². The number of aromatic nitrogens is 2. The van der Waals surface area contributed by atoms with Crippen LogP contribution in [0.4, 0.5) is 13.2 Å². The fraction of sp³-hybridized carbons (Fsp3) is 0.267. The Bertz CT molecular complexity index is 682. The standard InChI is InChI=1S/C15H13F3N2O2/c1-3-11-8-12(14(21)22-2)20-13(19-11)9-4-6-10(7-5-9)15(16,17)18/h4-8H,3H2,1-2H3. The van der Waals surface area contributed by atoms with Gasteiger partial charge in [-0.2, -0.15) is 13.2 Å². The third-order valence-corrected chi connectivity index (χ3v) is 3.01. The first kappa shape index (κ1) is 15.9. The van der Waals surface area contributed by atoms with Crippen molar-refractivity contribution in [3.63, 3.8) is 0 Å². The molecule has 0 aliphatic heterocycles. The normalized spacial score (nSPS) is 11.3. The molecule has 1 aromatic carbocycles. The summed E-state index contributed by atoms with van der Waals surface area (Å²) in [5.41, 5.74) is 0.319. The van der Waals surface area contributed by atoms with Crippen LogP contribution < -0.4 is 0 Å². The zero-order valence-corrected chi connectivity index (χ0v) is 11.9. The minimum absolute atomic E-state index is 0.0734. The number of rotatable bonds is 3. The van der Waals surface area contributed by atoms with Gasteiger partial charge in [0.05, 0.1) is 12.7 Å². The van der Waals surface area contributed by atoms with E-state index in [1.54, 1.807) is 0 Å². The number of carbonyl (C=O) groups excluding carboxylic acids is 1. The second kappa shape index (κ2) is 6.13. The van der Waals surface area contributed by atoms with Crippen LogP contribution in [0.5, 0.6) is 0 Å². The van der Waals surface area contributed by atoms with Gasteiger partial charge in [0.1, 0.15) is 0 Å². The maximum Gasteiger partial charge on any atom is 0.416 e. The van der Waals surface area contributed by atoms with E-state index in [0.29, 0.717) is 17.7 Å². The Balaban J connectivity index is 2.45. The maximum absolute atomic E-state index is 12.6. The summed E-state index contributed by atoms with van der Waals surface area (Å²) in [5.74, 6) is -0.432. The lowest BCUT2D eigenvalue weighted by Crippen LogP contribution is -2.08. The number of esters is 1. The van der Waals surface area contributed by atoms with Gasteiger partial charge in [-0.1, -0.05) is 19.1 Å². The van der Waals surface area contributed by atoms with Crippen LogP contribution in [0.3, 0.4) is 0 Å². The Morgan fingerprint density at radius 2 is 1.82 bits per heavy atom. The van der Waals surface area contributed by atoms with Gasteiger partial charge in [-0.05, 0) is 24.6 Å². The number of benzene rings is 1. The van der Waals surface area contributed by atoms with E-state index in [9.17, 15) is 18.0 Å². The van der Waals surface area contributed by atoms with E-state index in [4.69, 9.17) is 0 Å². The Morgan fingerprint density at radius 3 is 2.32 bits per heavy atom. The first-order valence-electron chi connectivity index (χ1n) is 6.49. The summed E-state index contributed by atoms with van der Waals surface area (Å²) in [7, 11) is 1.23. The molecule has 0 fully saturated rings. The molecule has 0 unspecified atom stereocenters. The molecule has 1 aromatic heterocycles. The summed E-state index contributed by atoms with van der Waals surface area (Å²) in [4.78, 5) is 19.9. The molecule has 0 spiro atoms. The van der Waals surface area contributed by atoms with Crippen molar-refractivity contribution < 1.29 is 22.7 Å². The number of alkyl halides is 3. The lowest BCUT2D eigenvalue weighted by molar-refractivity contribution is -0.137. The van der Waals surface area contributed by atoms with Crippen molar-refractivity contribution in [2.45, 2.75) is 19.5 Å². The smallest absolute Gasteiger partial charge is 0.416 e. The Hall–Kier alpha value is -2.44. The van der Waals surface area contributed by atoms with E-state index in [1.165, 1.54) is 25.3 Å². The molecule has 1 heterocycles. The highest BCUT2D eigenvalue weighted by molar-refractivity contribution is 5.87. The van der Waals surface area contributed by atoms with Crippen LogP contribution in [-0.4, -0.2) is 23.0 Å². The minimum atomic E-state index is -4.40. The fourth-order valence-corrected chi connectivity index (χ4v) is 1.83. The average molecular weight is 310 g/mol. The Morgan fingerprint density at radius 1 is 1.18 bits per heavy atom. The molecule has 2 rings (SSSR count). The number of nitrogens with zero attached hydrogens (tertiary/aromatic N) is 2. The van der Waals surface area contributed by atoms with Crippen molar-refractivity contribution in [1.82, 2.24) is 9.97 Å². The largest absolute Gasteiger partial charge is 0.464 e. The van der Waals surface area contributed by atoms with Gasteiger partial charge in [0.2, 0.25) is 0 Å². The summed E-state index contributed by atoms with van der Waals surface area (Å²) in [5, 5.41) is 0. The molecule has 0 aliphatic carbocycles. The quantitative estimate of drug-likeness (QED) is 0.814. The summed E-state index contributed by atoms with van der Waals surface area (Å²) in [6.45, 7) is 1.85. The molecule has 22 heavy (non-hydrogen) atoms. The van der Waals surface area contributed by atoms with E-state index < -0.39 is 17.7 Å². The number of methoxy groups -OCH3 is 1. The third kappa shape index (κ3) is 3.41. The highest BCUT2D eigenvalue weighted by Crippen LogP contribution is 2.30. The number of halogens is 3.